The molecule has 0 saturated heterocycles. The van der Waals surface area contributed by atoms with E-state index in [1.54, 1.807) is 0 Å². The third kappa shape index (κ3) is 3.36. The Morgan fingerprint density at radius 3 is 2.33 bits per heavy atom. The van der Waals surface area contributed by atoms with Crippen molar-refractivity contribution in [3.05, 3.63) is 0 Å². The van der Waals surface area contributed by atoms with Crippen molar-refractivity contribution >= 4 is 11.2 Å². The van der Waals surface area contributed by atoms with Crippen LogP contribution in [0, 0.1) is 5.92 Å². The molecule has 0 aromatic carbocycles. The summed E-state index contributed by atoms with van der Waals surface area (Å²) in [5, 5.41) is 0.529. The van der Waals surface area contributed by atoms with E-state index in [4.69, 9.17) is 0 Å². The minimum Gasteiger partial charge on any atom is -0.616 e. The Morgan fingerprint density at radius 2 is 1.83 bits per heavy atom. The van der Waals surface area contributed by atoms with E-state index in [1.165, 1.54) is 32.1 Å². The summed E-state index contributed by atoms with van der Waals surface area (Å²) in [4.78, 5) is 0. The van der Waals surface area contributed by atoms with Gasteiger partial charge < -0.3 is 4.55 Å². The topological polar surface area (TPSA) is 23.1 Å². The Balaban J connectivity index is 2.24. The molecular weight excluding hydrogens is 168 g/mol. The normalized spacial score (nSPS) is 23.0. The van der Waals surface area contributed by atoms with E-state index >= 15 is 0 Å². The van der Waals surface area contributed by atoms with Gasteiger partial charge in [-0.1, -0.05) is 31.4 Å². The average molecular weight is 188 g/mol. The van der Waals surface area contributed by atoms with Crippen molar-refractivity contribution < 1.29 is 4.55 Å². The van der Waals surface area contributed by atoms with Gasteiger partial charge in [0.25, 0.3) is 0 Å². The van der Waals surface area contributed by atoms with Gasteiger partial charge in [-0.2, -0.15) is 0 Å². The Bertz CT molecular complexity index is 119. The van der Waals surface area contributed by atoms with Crippen LogP contribution in [-0.4, -0.2) is 15.6 Å². The zero-order valence-corrected chi connectivity index (χ0v) is 9.03. The van der Waals surface area contributed by atoms with Gasteiger partial charge in [0.2, 0.25) is 0 Å². The van der Waals surface area contributed by atoms with Crippen molar-refractivity contribution in [3.8, 4) is 0 Å². The Labute approximate surface area is 79.1 Å². The van der Waals surface area contributed by atoms with Crippen molar-refractivity contribution in [3.63, 3.8) is 0 Å². The summed E-state index contributed by atoms with van der Waals surface area (Å²) < 4.78 is 11.7. The molecular formula is C10H20OS. The summed E-state index contributed by atoms with van der Waals surface area (Å²) in [5.74, 6) is 1.50. The largest absolute Gasteiger partial charge is 0.616 e. The van der Waals surface area contributed by atoms with E-state index in [9.17, 15) is 4.55 Å². The molecule has 1 aliphatic carbocycles. The van der Waals surface area contributed by atoms with Crippen molar-refractivity contribution in [2.45, 2.75) is 51.2 Å². The number of hydrogen-bond acceptors (Lipinski definition) is 1. The highest BCUT2D eigenvalue weighted by Gasteiger charge is 2.24. The van der Waals surface area contributed by atoms with Crippen molar-refractivity contribution in [2.75, 3.05) is 5.75 Å². The van der Waals surface area contributed by atoms with Crippen molar-refractivity contribution in [1.82, 2.24) is 0 Å². The molecule has 0 N–H and O–H groups in total. The first-order valence-electron chi connectivity index (χ1n) is 5.07. The quantitative estimate of drug-likeness (QED) is 0.624. The molecule has 12 heavy (non-hydrogen) atoms. The van der Waals surface area contributed by atoms with Gasteiger partial charge in [-0.3, -0.25) is 0 Å². The SMILES string of the molecule is CC(C)C[S+]([O-])C1CCCCC1. The molecule has 1 rings (SSSR count). The van der Waals surface area contributed by atoms with Crippen LogP contribution >= 0.6 is 0 Å². The average Bonchev–Trinajstić information content (AvgIpc) is 2.05. The molecule has 0 aromatic heterocycles. The van der Waals surface area contributed by atoms with Crippen LogP contribution in [0.1, 0.15) is 46.0 Å². The van der Waals surface area contributed by atoms with Crippen molar-refractivity contribution in [1.29, 1.82) is 0 Å². The highest BCUT2D eigenvalue weighted by atomic mass is 32.2. The minimum absolute atomic E-state index is 0.529. The second kappa shape index (κ2) is 5.13. The van der Waals surface area contributed by atoms with Crippen LogP contribution in [0.3, 0.4) is 0 Å². The van der Waals surface area contributed by atoms with Crippen LogP contribution in [0.2, 0.25) is 0 Å². The fourth-order valence-corrected chi connectivity index (χ4v) is 3.58. The van der Waals surface area contributed by atoms with Gasteiger partial charge >= 0.3 is 0 Å². The summed E-state index contributed by atoms with van der Waals surface area (Å²) in [6, 6.07) is 0. The summed E-state index contributed by atoms with van der Waals surface area (Å²) in [7, 11) is 0. The van der Waals surface area contributed by atoms with E-state index in [0.717, 1.165) is 5.75 Å². The molecule has 1 fully saturated rings. The lowest BCUT2D eigenvalue weighted by molar-refractivity contribution is 0.479. The molecule has 0 heterocycles. The molecule has 0 radical (unpaired) electrons. The molecule has 0 amide bonds. The first kappa shape index (κ1) is 10.4. The Morgan fingerprint density at radius 1 is 1.25 bits per heavy atom. The van der Waals surface area contributed by atoms with E-state index < -0.39 is 11.2 Å². The maximum atomic E-state index is 11.7. The molecule has 1 atom stereocenters. The van der Waals surface area contributed by atoms with Gasteiger partial charge in [0, 0.05) is 0 Å². The molecule has 0 bridgehead atoms. The lowest BCUT2D eigenvalue weighted by atomic mass is 10.0. The Kier molecular flexibility index (Phi) is 4.44. The zero-order chi connectivity index (χ0) is 8.97. The van der Waals surface area contributed by atoms with Crippen LogP contribution < -0.4 is 0 Å². The highest BCUT2D eigenvalue weighted by Crippen LogP contribution is 2.25. The van der Waals surface area contributed by atoms with Crippen molar-refractivity contribution in [2.24, 2.45) is 5.92 Å². The maximum Gasteiger partial charge on any atom is 0.115 e. The maximum absolute atomic E-state index is 11.7. The third-order valence-electron chi connectivity index (χ3n) is 2.42. The molecule has 1 nitrogen and oxygen atoms in total. The van der Waals surface area contributed by atoms with E-state index in [0.29, 0.717) is 11.2 Å². The Hall–Kier alpha value is 0.310. The van der Waals surface area contributed by atoms with E-state index in [1.807, 2.05) is 0 Å². The second-order valence-corrected chi connectivity index (χ2v) is 5.96. The standard InChI is InChI=1S/C10H20OS/c1-9(2)8-12(11)10-6-4-3-5-7-10/h9-10H,3-8H2,1-2H3. The fraction of sp³-hybridized carbons (Fsp3) is 1.00. The van der Waals surface area contributed by atoms with Crippen LogP contribution in [-0.2, 0) is 11.2 Å². The van der Waals surface area contributed by atoms with Gasteiger partial charge in [-0.25, -0.2) is 0 Å². The van der Waals surface area contributed by atoms with Gasteiger partial charge in [0.15, 0.2) is 0 Å². The van der Waals surface area contributed by atoms with E-state index in [-0.39, 0.29) is 0 Å². The fourth-order valence-electron chi connectivity index (χ4n) is 1.79. The predicted octanol–water partition coefficient (Wildman–Crippen LogP) is 2.72. The highest BCUT2D eigenvalue weighted by molar-refractivity contribution is 7.92. The first-order chi connectivity index (χ1) is 5.70. The minimum atomic E-state index is -0.537. The van der Waals surface area contributed by atoms with Crippen LogP contribution in [0.5, 0.6) is 0 Å². The van der Waals surface area contributed by atoms with Crippen LogP contribution in [0.4, 0.5) is 0 Å². The molecule has 1 saturated carbocycles. The van der Waals surface area contributed by atoms with Crippen LogP contribution in [0.25, 0.3) is 0 Å². The summed E-state index contributed by atoms with van der Waals surface area (Å²) >= 11 is -0.537. The third-order valence-corrected chi connectivity index (χ3v) is 4.63. The summed E-state index contributed by atoms with van der Waals surface area (Å²) in [6.07, 6.45) is 6.37. The van der Waals surface area contributed by atoms with Gasteiger partial charge in [0.1, 0.15) is 11.0 Å². The molecule has 1 unspecified atom stereocenters. The molecule has 0 aliphatic heterocycles. The summed E-state index contributed by atoms with van der Waals surface area (Å²) in [5.41, 5.74) is 0. The zero-order valence-electron chi connectivity index (χ0n) is 8.21. The number of hydrogen-bond donors (Lipinski definition) is 0. The van der Waals surface area contributed by atoms with Gasteiger partial charge in [0.05, 0.1) is 0 Å². The molecule has 1 aliphatic rings. The van der Waals surface area contributed by atoms with Crippen LogP contribution in [0.15, 0.2) is 0 Å². The molecule has 72 valence electrons. The summed E-state index contributed by atoms with van der Waals surface area (Å²) in [6.45, 7) is 4.31. The molecule has 0 aromatic rings. The molecule has 0 spiro atoms. The first-order valence-corrected chi connectivity index (χ1v) is 6.45. The molecule has 2 heteroatoms. The predicted molar refractivity (Wildman–Crippen MR) is 54.7 cm³/mol. The number of rotatable bonds is 3. The smallest absolute Gasteiger partial charge is 0.115 e. The lowest BCUT2D eigenvalue weighted by Gasteiger charge is -2.25. The second-order valence-electron chi connectivity index (χ2n) is 4.20. The van der Waals surface area contributed by atoms with E-state index in [2.05, 4.69) is 13.8 Å². The monoisotopic (exact) mass is 188 g/mol. The van der Waals surface area contributed by atoms with Gasteiger partial charge in [-0.05, 0) is 31.6 Å². The van der Waals surface area contributed by atoms with Gasteiger partial charge in [-0.15, -0.1) is 0 Å². The lowest BCUT2D eigenvalue weighted by Crippen LogP contribution is -2.28.